The number of nitrogens with zero attached hydrogens (tertiary/aromatic N) is 1. The topological polar surface area (TPSA) is 41.6 Å². The number of likely N-dealkylation sites (tertiary alicyclic amines) is 1. The zero-order chi connectivity index (χ0) is 14.4. The van der Waals surface area contributed by atoms with Gasteiger partial charge in [-0.15, -0.1) is 0 Å². The summed E-state index contributed by atoms with van der Waals surface area (Å²) in [5.41, 5.74) is 2.08. The molecule has 1 fully saturated rings. The Bertz CT molecular complexity index is 442. The van der Waals surface area contributed by atoms with Gasteiger partial charge in [0.25, 0.3) is 0 Å². The molecule has 0 radical (unpaired) electrons. The number of piperidine rings is 1. The van der Waals surface area contributed by atoms with Crippen molar-refractivity contribution in [2.45, 2.75) is 38.8 Å². The van der Waals surface area contributed by atoms with Gasteiger partial charge in [-0.2, -0.15) is 0 Å². The molecule has 1 N–H and O–H groups in total. The SMILES string of the molecule is COCc1cccc(NC(C)C(=O)N2CCCCC2)c1. The average molecular weight is 276 g/mol. The Labute approximate surface area is 121 Å². The first kappa shape index (κ1) is 14.9. The van der Waals surface area contributed by atoms with Gasteiger partial charge in [-0.05, 0) is 43.9 Å². The van der Waals surface area contributed by atoms with E-state index in [1.165, 1.54) is 6.42 Å². The highest BCUT2D eigenvalue weighted by molar-refractivity contribution is 5.84. The van der Waals surface area contributed by atoms with E-state index in [0.717, 1.165) is 37.2 Å². The summed E-state index contributed by atoms with van der Waals surface area (Å²) in [6, 6.07) is 7.83. The second-order valence-electron chi connectivity index (χ2n) is 5.39. The molecular weight excluding hydrogens is 252 g/mol. The van der Waals surface area contributed by atoms with E-state index in [-0.39, 0.29) is 11.9 Å². The fourth-order valence-electron chi connectivity index (χ4n) is 2.62. The summed E-state index contributed by atoms with van der Waals surface area (Å²) in [4.78, 5) is 14.3. The molecule has 0 aliphatic carbocycles. The molecule has 2 rings (SSSR count). The maximum atomic E-state index is 12.4. The fraction of sp³-hybridized carbons (Fsp3) is 0.562. The van der Waals surface area contributed by atoms with Crippen LogP contribution in [0.25, 0.3) is 0 Å². The molecule has 1 amide bonds. The Kier molecular flexibility index (Phi) is 5.41. The maximum Gasteiger partial charge on any atom is 0.244 e. The van der Waals surface area contributed by atoms with E-state index < -0.39 is 0 Å². The minimum absolute atomic E-state index is 0.189. The first-order valence-electron chi connectivity index (χ1n) is 7.34. The van der Waals surface area contributed by atoms with E-state index >= 15 is 0 Å². The van der Waals surface area contributed by atoms with Crippen LogP contribution in [0.5, 0.6) is 0 Å². The van der Waals surface area contributed by atoms with Gasteiger partial charge in [-0.1, -0.05) is 12.1 Å². The van der Waals surface area contributed by atoms with Crippen LogP contribution < -0.4 is 5.32 Å². The molecule has 0 spiro atoms. The predicted molar refractivity (Wildman–Crippen MR) is 80.7 cm³/mol. The van der Waals surface area contributed by atoms with E-state index in [2.05, 4.69) is 5.32 Å². The highest BCUT2D eigenvalue weighted by Gasteiger charge is 2.21. The molecule has 20 heavy (non-hydrogen) atoms. The van der Waals surface area contributed by atoms with Crippen LogP contribution in [-0.2, 0) is 16.1 Å². The van der Waals surface area contributed by atoms with E-state index in [0.29, 0.717) is 6.61 Å². The number of benzene rings is 1. The number of anilines is 1. The van der Waals surface area contributed by atoms with Crippen LogP contribution in [-0.4, -0.2) is 37.0 Å². The monoisotopic (exact) mass is 276 g/mol. The second-order valence-corrected chi connectivity index (χ2v) is 5.39. The Hall–Kier alpha value is -1.55. The van der Waals surface area contributed by atoms with Crippen LogP contribution in [0.15, 0.2) is 24.3 Å². The van der Waals surface area contributed by atoms with Gasteiger partial charge in [0.05, 0.1) is 6.61 Å². The summed E-state index contributed by atoms with van der Waals surface area (Å²) >= 11 is 0. The van der Waals surface area contributed by atoms with Gasteiger partial charge in [0.15, 0.2) is 0 Å². The quantitative estimate of drug-likeness (QED) is 0.899. The number of amides is 1. The van der Waals surface area contributed by atoms with Crippen molar-refractivity contribution in [3.8, 4) is 0 Å². The van der Waals surface area contributed by atoms with Gasteiger partial charge >= 0.3 is 0 Å². The van der Waals surface area contributed by atoms with Crippen molar-refractivity contribution in [2.75, 3.05) is 25.5 Å². The molecule has 0 bridgehead atoms. The van der Waals surface area contributed by atoms with Gasteiger partial charge in [0.1, 0.15) is 6.04 Å². The van der Waals surface area contributed by atoms with Crippen LogP contribution in [0, 0.1) is 0 Å². The summed E-state index contributed by atoms with van der Waals surface area (Å²) in [5.74, 6) is 0.196. The van der Waals surface area contributed by atoms with Crippen molar-refractivity contribution < 1.29 is 9.53 Å². The lowest BCUT2D eigenvalue weighted by Crippen LogP contribution is -2.43. The van der Waals surface area contributed by atoms with E-state index in [1.807, 2.05) is 36.1 Å². The molecule has 0 aromatic heterocycles. The molecular formula is C16H24N2O2. The first-order valence-corrected chi connectivity index (χ1v) is 7.34. The summed E-state index contributed by atoms with van der Waals surface area (Å²) < 4.78 is 5.13. The molecule has 1 unspecified atom stereocenters. The Morgan fingerprint density at radius 2 is 2.10 bits per heavy atom. The third-order valence-electron chi connectivity index (χ3n) is 3.66. The molecule has 1 atom stereocenters. The van der Waals surface area contributed by atoms with Crippen LogP contribution in [0.4, 0.5) is 5.69 Å². The third kappa shape index (κ3) is 3.97. The molecule has 1 aromatic carbocycles. The summed E-state index contributed by atoms with van der Waals surface area (Å²) in [6.07, 6.45) is 3.49. The summed E-state index contributed by atoms with van der Waals surface area (Å²) in [6.45, 7) is 4.31. The smallest absolute Gasteiger partial charge is 0.244 e. The Morgan fingerprint density at radius 3 is 2.80 bits per heavy atom. The zero-order valence-electron chi connectivity index (χ0n) is 12.4. The fourth-order valence-corrected chi connectivity index (χ4v) is 2.62. The molecule has 110 valence electrons. The largest absolute Gasteiger partial charge is 0.380 e. The highest BCUT2D eigenvalue weighted by atomic mass is 16.5. The van der Waals surface area contributed by atoms with E-state index in [1.54, 1.807) is 7.11 Å². The number of hydrogen-bond donors (Lipinski definition) is 1. The van der Waals surface area contributed by atoms with Crippen molar-refractivity contribution in [3.63, 3.8) is 0 Å². The molecule has 1 aliphatic rings. The lowest BCUT2D eigenvalue weighted by molar-refractivity contribution is -0.132. The highest BCUT2D eigenvalue weighted by Crippen LogP contribution is 2.15. The van der Waals surface area contributed by atoms with Crippen LogP contribution >= 0.6 is 0 Å². The summed E-state index contributed by atoms with van der Waals surface area (Å²) in [7, 11) is 1.68. The lowest BCUT2D eigenvalue weighted by Gasteiger charge is -2.29. The molecule has 4 nitrogen and oxygen atoms in total. The molecule has 1 aliphatic heterocycles. The van der Waals surface area contributed by atoms with Crippen LogP contribution in [0.3, 0.4) is 0 Å². The lowest BCUT2D eigenvalue weighted by atomic mass is 10.1. The minimum atomic E-state index is -0.189. The molecule has 0 saturated carbocycles. The number of ether oxygens (including phenoxy) is 1. The van der Waals surface area contributed by atoms with Crippen molar-refractivity contribution in [1.29, 1.82) is 0 Å². The van der Waals surface area contributed by atoms with Crippen molar-refractivity contribution >= 4 is 11.6 Å². The van der Waals surface area contributed by atoms with Gasteiger partial charge in [-0.3, -0.25) is 4.79 Å². The summed E-state index contributed by atoms with van der Waals surface area (Å²) in [5, 5.41) is 3.29. The van der Waals surface area contributed by atoms with Crippen LogP contribution in [0.1, 0.15) is 31.7 Å². The molecule has 4 heteroatoms. The normalized spacial score (nSPS) is 16.8. The van der Waals surface area contributed by atoms with Gasteiger partial charge in [0, 0.05) is 25.9 Å². The predicted octanol–water partition coefficient (Wildman–Crippen LogP) is 2.65. The van der Waals surface area contributed by atoms with Crippen molar-refractivity contribution in [2.24, 2.45) is 0 Å². The number of hydrogen-bond acceptors (Lipinski definition) is 3. The molecule has 1 aromatic rings. The number of carbonyl (C=O) groups excluding carboxylic acids is 1. The Morgan fingerprint density at radius 1 is 1.35 bits per heavy atom. The first-order chi connectivity index (χ1) is 9.70. The number of rotatable bonds is 5. The Balaban J connectivity index is 1.94. The number of carbonyl (C=O) groups is 1. The van der Waals surface area contributed by atoms with E-state index in [9.17, 15) is 4.79 Å². The maximum absolute atomic E-state index is 12.4. The zero-order valence-corrected chi connectivity index (χ0v) is 12.4. The van der Waals surface area contributed by atoms with Gasteiger partial charge < -0.3 is 15.0 Å². The number of methoxy groups -OCH3 is 1. The standard InChI is InChI=1S/C16H24N2O2/c1-13(16(19)18-9-4-3-5-10-18)17-15-8-6-7-14(11-15)12-20-2/h6-8,11,13,17H,3-5,9-10,12H2,1-2H3. The average Bonchev–Trinajstić information content (AvgIpc) is 2.48. The van der Waals surface area contributed by atoms with E-state index in [4.69, 9.17) is 4.74 Å². The minimum Gasteiger partial charge on any atom is -0.380 e. The van der Waals surface area contributed by atoms with Crippen molar-refractivity contribution in [3.05, 3.63) is 29.8 Å². The second kappa shape index (κ2) is 7.29. The molecule has 1 heterocycles. The van der Waals surface area contributed by atoms with Crippen molar-refractivity contribution in [1.82, 2.24) is 4.90 Å². The third-order valence-corrected chi connectivity index (χ3v) is 3.66. The number of nitrogens with one attached hydrogen (secondary N) is 1. The van der Waals surface area contributed by atoms with Crippen LogP contribution in [0.2, 0.25) is 0 Å². The van der Waals surface area contributed by atoms with Gasteiger partial charge in [-0.25, -0.2) is 0 Å². The molecule has 1 saturated heterocycles. The van der Waals surface area contributed by atoms with Gasteiger partial charge in [0.2, 0.25) is 5.91 Å².